The standard InChI is InChI=1S/C16H14ClN3O2S/c1-2-9-22-16-18-14(13-8-5-10-23-13)20(19-16)15(21)11-6-3-4-7-12(11)17/h3-8,10H,2,9H2,1H3. The lowest BCUT2D eigenvalue weighted by molar-refractivity contribution is 0.0945. The van der Waals surface area contributed by atoms with Crippen LogP contribution < -0.4 is 4.74 Å². The SMILES string of the molecule is CCCOc1nc(-c2cccs2)n(C(=O)c2ccccc2Cl)n1. The van der Waals surface area contributed by atoms with Crippen LogP contribution in [0.5, 0.6) is 6.01 Å². The molecule has 0 bridgehead atoms. The quantitative estimate of drug-likeness (QED) is 0.696. The minimum Gasteiger partial charge on any atom is -0.462 e. The summed E-state index contributed by atoms with van der Waals surface area (Å²) in [4.78, 5) is 18.0. The van der Waals surface area contributed by atoms with Gasteiger partial charge in [-0.05, 0) is 30.0 Å². The molecule has 23 heavy (non-hydrogen) atoms. The third kappa shape index (κ3) is 3.28. The van der Waals surface area contributed by atoms with Crippen molar-refractivity contribution in [2.24, 2.45) is 0 Å². The van der Waals surface area contributed by atoms with Crippen molar-refractivity contribution < 1.29 is 9.53 Å². The summed E-state index contributed by atoms with van der Waals surface area (Å²) >= 11 is 7.61. The third-order valence-electron chi connectivity index (χ3n) is 3.06. The summed E-state index contributed by atoms with van der Waals surface area (Å²) < 4.78 is 6.72. The molecule has 0 unspecified atom stereocenters. The first-order chi connectivity index (χ1) is 11.2. The van der Waals surface area contributed by atoms with Crippen molar-refractivity contribution >= 4 is 28.8 Å². The van der Waals surface area contributed by atoms with Crippen LogP contribution in [0.15, 0.2) is 41.8 Å². The number of ether oxygens (including phenoxy) is 1. The number of carbonyl (C=O) groups excluding carboxylic acids is 1. The molecule has 118 valence electrons. The summed E-state index contributed by atoms with van der Waals surface area (Å²) in [6.45, 7) is 2.49. The van der Waals surface area contributed by atoms with Gasteiger partial charge in [0.1, 0.15) is 0 Å². The average molecular weight is 348 g/mol. The van der Waals surface area contributed by atoms with Crippen LogP contribution >= 0.6 is 22.9 Å². The van der Waals surface area contributed by atoms with Crippen molar-refractivity contribution in [3.05, 3.63) is 52.4 Å². The number of halogens is 1. The highest BCUT2D eigenvalue weighted by Gasteiger charge is 2.21. The molecule has 0 saturated heterocycles. The number of hydrogen-bond donors (Lipinski definition) is 0. The summed E-state index contributed by atoms with van der Waals surface area (Å²) in [6, 6.07) is 10.8. The Balaban J connectivity index is 2.05. The van der Waals surface area contributed by atoms with E-state index in [0.717, 1.165) is 11.3 Å². The maximum absolute atomic E-state index is 12.8. The van der Waals surface area contributed by atoms with E-state index in [-0.39, 0.29) is 11.9 Å². The molecule has 0 radical (unpaired) electrons. The molecule has 0 aliphatic carbocycles. The van der Waals surface area contributed by atoms with E-state index < -0.39 is 0 Å². The fraction of sp³-hybridized carbons (Fsp3) is 0.188. The smallest absolute Gasteiger partial charge is 0.336 e. The Kier molecular flexibility index (Phi) is 4.73. The van der Waals surface area contributed by atoms with Gasteiger partial charge in [-0.25, -0.2) is 0 Å². The Morgan fingerprint density at radius 3 is 2.83 bits per heavy atom. The zero-order valence-electron chi connectivity index (χ0n) is 12.4. The zero-order chi connectivity index (χ0) is 16.2. The summed E-state index contributed by atoms with van der Waals surface area (Å²) in [5.41, 5.74) is 0.374. The van der Waals surface area contributed by atoms with Crippen molar-refractivity contribution in [3.8, 4) is 16.7 Å². The normalized spacial score (nSPS) is 10.7. The molecule has 0 fully saturated rings. The van der Waals surface area contributed by atoms with Crippen molar-refractivity contribution in [2.75, 3.05) is 6.61 Å². The van der Waals surface area contributed by atoms with Crippen LogP contribution in [0.3, 0.4) is 0 Å². The second-order valence-electron chi connectivity index (χ2n) is 4.74. The van der Waals surface area contributed by atoms with Crippen LogP contribution in [0.25, 0.3) is 10.7 Å². The van der Waals surface area contributed by atoms with Gasteiger partial charge >= 0.3 is 6.01 Å². The van der Waals surface area contributed by atoms with E-state index in [9.17, 15) is 4.79 Å². The van der Waals surface area contributed by atoms with E-state index >= 15 is 0 Å². The van der Waals surface area contributed by atoms with E-state index in [2.05, 4.69) is 10.1 Å². The molecule has 2 aromatic heterocycles. The van der Waals surface area contributed by atoms with Gasteiger partial charge in [0.15, 0.2) is 5.82 Å². The van der Waals surface area contributed by atoms with Gasteiger partial charge < -0.3 is 4.74 Å². The number of hydrogen-bond acceptors (Lipinski definition) is 5. The van der Waals surface area contributed by atoms with Crippen LogP contribution in [0.4, 0.5) is 0 Å². The summed E-state index contributed by atoms with van der Waals surface area (Å²) in [5.74, 6) is 0.119. The van der Waals surface area contributed by atoms with Crippen LogP contribution in [0.2, 0.25) is 5.02 Å². The van der Waals surface area contributed by atoms with Crippen molar-refractivity contribution in [1.29, 1.82) is 0 Å². The number of rotatable bonds is 5. The Hall–Kier alpha value is -2.18. The summed E-state index contributed by atoms with van der Waals surface area (Å²) in [6.07, 6.45) is 0.835. The molecule has 5 nitrogen and oxygen atoms in total. The van der Waals surface area contributed by atoms with Crippen LogP contribution in [-0.2, 0) is 0 Å². The lowest BCUT2D eigenvalue weighted by Crippen LogP contribution is -2.15. The van der Waals surface area contributed by atoms with Crippen LogP contribution in [0, 0.1) is 0 Å². The average Bonchev–Trinajstić information content (AvgIpc) is 3.22. The van der Waals surface area contributed by atoms with Crippen LogP contribution in [0.1, 0.15) is 23.7 Å². The fourth-order valence-corrected chi connectivity index (χ4v) is 2.92. The van der Waals surface area contributed by atoms with E-state index in [4.69, 9.17) is 16.3 Å². The molecule has 3 aromatic rings. The molecule has 0 aliphatic rings. The molecular formula is C16H14ClN3O2S. The Bertz CT molecular complexity index is 815. The highest BCUT2D eigenvalue weighted by molar-refractivity contribution is 7.13. The molecule has 0 amide bonds. The minimum absolute atomic E-state index is 0.190. The minimum atomic E-state index is -0.335. The molecule has 0 N–H and O–H groups in total. The highest BCUT2D eigenvalue weighted by Crippen LogP contribution is 2.26. The van der Waals surface area contributed by atoms with Crippen molar-refractivity contribution in [1.82, 2.24) is 14.8 Å². The first-order valence-corrected chi connectivity index (χ1v) is 8.39. The van der Waals surface area contributed by atoms with Gasteiger partial charge in [0.25, 0.3) is 5.91 Å². The summed E-state index contributed by atoms with van der Waals surface area (Å²) in [5, 5.41) is 6.50. The van der Waals surface area contributed by atoms with E-state index in [1.807, 2.05) is 24.4 Å². The molecule has 2 heterocycles. The number of aromatic nitrogens is 3. The molecule has 0 atom stereocenters. The maximum Gasteiger partial charge on any atom is 0.336 e. The number of carbonyl (C=O) groups is 1. The Morgan fingerprint density at radius 2 is 2.13 bits per heavy atom. The van der Waals surface area contributed by atoms with Gasteiger partial charge in [0.05, 0.1) is 22.1 Å². The third-order valence-corrected chi connectivity index (χ3v) is 4.26. The van der Waals surface area contributed by atoms with Gasteiger partial charge in [-0.1, -0.05) is 36.7 Å². The van der Waals surface area contributed by atoms with Gasteiger partial charge in [-0.3, -0.25) is 4.79 Å². The lowest BCUT2D eigenvalue weighted by atomic mass is 10.2. The van der Waals surface area contributed by atoms with Crippen molar-refractivity contribution in [2.45, 2.75) is 13.3 Å². The lowest BCUT2D eigenvalue weighted by Gasteiger charge is -2.04. The first-order valence-electron chi connectivity index (χ1n) is 7.13. The van der Waals surface area contributed by atoms with Crippen LogP contribution in [-0.4, -0.2) is 27.3 Å². The molecule has 1 aromatic carbocycles. The Labute approximate surface area is 142 Å². The van der Waals surface area contributed by atoms with E-state index in [1.165, 1.54) is 16.0 Å². The highest BCUT2D eigenvalue weighted by atomic mass is 35.5. The monoisotopic (exact) mass is 347 g/mol. The predicted molar refractivity (Wildman–Crippen MR) is 90.3 cm³/mol. The molecule has 0 saturated carbocycles. The van der Waals surface area contributed by atoms with Gasteiger partial charge in [0.2, 0.25) is 0 Å². The molecular weight excluding hydrogens is 334 g/mol. The van der Waals surface area contributed by atoms with E-state index in [1.54, 1.807) is 24.3 Å². The summed E-state index contributed by atoms with van der Waals surface area (Å²) in [7, 11) is 0. The molecule has 3 rings (SSSR count). The topological polar surface area (TPSA) is 57.0 Å². The first kappa shape index (κ1) is 15.7. The van der Waals surface area contributed by atoms with Gasteiger partial charge in [-0.2, -0.15) is 9.67 Å². The number of thiophene rings is 1. The fourth-order valence-electron chi connectivity index (χ4n) is 2.00. The second kappa shape index (κ2) is 6.93. The maximum atomic E-state index is 12.8. The Morgan fingerprint density at radius 1 is 1.30 bits per heavy atom. The van der Waals surface area contributed by atoms with Gasteiger partial charge in [0, 0.05) is 0 Å². The van der Waals surface area contributed by atoms with Crippen molar-refractivity contribution in [3.63, 3.8) is 0 Å². The van der Waals surface area contributed by atoms with Gasteiger partial charge in [-0.15, -0.1) is 16.4 Å². The largest absolute Gasteiger partial charge is 0.462 e. The molecule has 7 heteroatoms. The predicted octanol–water partition coefficient (Wildman–Crippen LogP) is 4.14. The molecule has 0 aliphatic heterocycles. The molecule has 0 spiro atoms. The number of nitrogens with zero attached hydrogens (tertiary/aromatic N) is 3. The second-order valence-corrected chi connectivity index (χ2v) is 6.10. The number of benzene rings is 1. The zero-order valence-corrected chi connectivity index (χ0v) is 14.0. The van der Waals surface area contributed by atoms with E-state index in [0.29, 0.717) is 23.0 Å².